The summed E-state index contributed by atoms with van der Waals surface area (Å²) in [6.07, 6.45) is 3.22. The maximum Gasteiger partial charge on any atom is 0.269 e. The first kappa shape index (κ1) is 34.4. The molecule has 266 valence electrons. The Morgan fingerprint density at radius 3 is 2.61 bits per heavy atom. The number of hydrogen-bond donors (Lipinski definition) is 4. The van der Waals surface area contributed by atoms with Gasteiger partial charge < -0.3 is 30.7 Å². The summed E-state index contributed by atoms with van der Waals surface area (Å²) in [7, 11) is -0.980. The van der Waals surface area contributed by atoms with E-state index in [1.54, 1.807) is 60.8 Å². The van der Waals surface area contributed by atoms with Crippen LogP contribution in [0.15, 0.2) is 65.0 Å². The number of carbonyl (C=O) groups excluding carboxylic acids is 2. The predicted molar refractivity (Wildman–Crippen MR) is 196 cm³/mol. The van der Waals surface area contributed by atoms with Crippen molar-refractivity contribution in [2.24, 2.45) is 0 Å². The van der Waals surface area contributed by atoms with Gasteiger partial charge >= 0.3 is 0 Å². The molecule has 0 saturated carbocycles. The summed E-state index contributed by atoms with van der Waals surface area (Å²) < 4.78 is 34.7. The van der Waals surface area contributed by atoms with E-state index in [0.29, 0.717) is 46.9 Å². The number of thiophene rings is 1. The molecule has 2 aliphatic heterocycles. The smallest absolute Gasteiger partial charge is 0.269 e. The Hall–Kier alpha value is -5.03. The fourth-order valence-electron chi connectivity index (χ4n) is 6.50. The number of ether oxygens (including phenoxy) is 1. The highest BCUT2D eigenvalue weighted by molar-refractivity contribution is 7.90. The number of benzene rings is 2. The molecule has 16 heteroatoms. The molecule has 2 aromatic carbocycles. The Labute approximate surface area is 299 Å². The van der Waals surface area contributed by atoms with Gasteiger partial charge in [0.25, 0.3) is 15.9 Å². The minimum absolute atomic E-state index is 0.0530. The van der Waals surface area contributed by atoms with Crippen LogP contribution in [-0.4, -0.2) is 90.6 Å². The maximum absolute atomic E-state index is 13.9. The van der Waals surface area contributed by atoms with Crippen LogP contribution in [0.25, 0.3) is 11.0 Å². The molecule has 51 heavy (non-hydrogen) atoms. The van der Waals surface area contributed by atoms with Gasteiger partial charge in [-0.1, -0.05) is 17.7 Å². The van der Waals surface area contributed by atoms with Crippen molar-refractivity contribution in [1.82, 2.24) is 24.2 Å². The molecule has 1 atom stereocenters. The van der Waals surface area contributed by atoms with Crippen molar-refractivity contribution in [2.75, 3.05) is 55.9 Å². The lowest BCUT2D eigenvalue weighted by molar-refractivity contribution is -0.120. The largest absolute Gasteiger partial charge is 0.495 e. The lowest BCUT2D eigenvalue weighted by atomic mass is 10.1. The molecule has 2 aliphatic rings. The van der Waals surface area contributed by atoms with Crippen molar-refractivity contribution in [1.29, 1.82) is 0 Å². The fourth-order valence-corrected chi connectivity index (χ4v) is 8.59. The normalized spacial score (nSPS) is 16.2. The highest BCUT2D eigenvalue weighted by atomic mass is 32.2. The zero-order valence-electron chi connectivity index (χ0n) is 28.3. The summed E-state index contributed by atoms with van der Waals surface area (Å²) in [5.41, 5.74) is 3.65. The van der Waals surface area contributed by atoms with Crippen LogP contribution in [0.5, 0.6) is 5.75 Å². The van der Waals surface area contributed by atoms with E-state index in [1.807, 2.05) is 24.0 Å². The molecular weight excluding hydrogens is 693 g/mol. The number of carbonyl (C=O) groups is 2. The van der Waals surface area contributed by atoms with Crippen molar-refractivity contribution in [3.8, 4) is 5.75 Å². The number of hydrogen-bond acceptors (Lipinski definition) is 12. The van der Waals surface area contributed by atoms with Crippen molar-refractivity contribution in [3.63, 3.8) is 0 Å². The van der Waals surface area contributed by atoms with Gasteiger partial charge in [0.1, 0.15) is 16.4 Å². The van der Waals surface area contributed by atoms with E-state index in [2.05, 4.69) is 20.9 Å². The summed E-state index contributed by atoms with van der Waals surface area (Å²) in [5, 5.41) is 21.4. The Balaban J connectivity index is 1.28. The number of aromatic nitrogens is 3. The standard InChI is InChI=1S/C35H38N8O6S2/c1-21-6-8-24(9-7-21)51(47,48)43-15-11-25-32(37-26-12-16-50-31(26)34(46)36-2)39-35(40-33(25)43)38-27-18-28-22(17-29(27)49-3)10-14-42(28)30(45)20-41-13-4-5-23(44)19-41/h6-9,11-12,15-18,23,44H,4-5,10,13-14,19-20H2,1-3H3,(H,36,46)(H2,37,38,39,40). The van der Waals surface area contributed by atoms with Crippen molar-refractivity contribution in [3.05, 3.63) is 76.1 Å². The van der Waals surface area contributed by atoms with E-state index in [0.717, 1.165) is 40.2 Å². The molecule has 0 aliphatic carbocycles. The topological polar surface area (TPSA) is 171 Å². The monoisotopic (exact) mass is 730 g/mol. The van der Waals surface area contributed by atoms with E-state index in [9.17, 15) is 23.1 Å². The highest BCUT2D eigenvalue weighted by Crippen LogP contribution is 2.39. The number of likely N-dealkylation sites (tertiary alicyclic amines) is 1. The third kappa shape index (κ3) is 6.74. The first-order chi connectivity index (χ1) is 24.5. The third-order valence-electron chi connectivity index (χ3n) is 9.12. The lowest BCUT2D eigenvalue weighted by Crippen LogP contribution is -2.45. The predicted octanol–water partition coefficient (Wildman–Crippen LogP) is 4.24. The number of fused-ring (bicyclic) bond motifs is 2. The summed E-state index contributed by atoms with van der Waals surface area (Å²) in [6.45, 7) is 3.81. The molecule has 0 bridgehead atoms. The average Bonchev–Trinajstić information content (AvgIpc) is 3.87. The number of amides is 2. The number of aliphatic hydroxyl groups is 1. The molecule has 1 unspecified atom stereocenters. The minimum atomic E-state index is -4.07. The van der Waals surface area contributed by atoms with Crippen LogP contribution in [0.4, 0.5) is 28.8 Å². The van der Waals surface area contributed by atoms with E-state index < -0.39 is 16.1 Å². The van der Waals surface area contributed by atoms with Crippen LogP contribution in [0.2, 0.25) is 0 Å². The lowest BCUT2D eigenvalue weighted by Gasteiger charge is -2.31. The molecule has 7 rings (SSSR count). The number of aliphatic hydroxyl groups excluding tert-OH is 1. The van der Waals surface area contributed by atoms with Crippen LogP contribution in [0.3, 0.4) is 0 Å². The van der Waals surface area contributed by atoms with Crippen LogP contribution in [-0.2, 0) is 21.2 Å². The molecule has 5 heterocycles. The van der Waals surface area contributed by atoms with Gasteiger partial charge in [0.2, 0.25) is 11.9 Å². The fraction of sp³-hybridized carbons (Fsp3) is 0.314. The number of rotatable bonds is 10. The zero-order valence-corrected chi connectivity index (χ0v) is 30.0. The quantitative estimate of drug-likeness (QED) is 0.162. The van der Waals surface area contributed by atoms with Crippen LogP contribution in [0.1, 0.15) is 33.6 Å². The van der Waals surface area contributed by atoms with Gasteiger partial charge in [-0.15, -0.1) is 11.3 Å². The molecule has 0 radical (unpaired) electrons. The SMILES string of the molecule is CNC(=O)c1sccc1Nc1nc(Nc2cc3c(cc2OC)CCN3C(=O)CN2CCCC(O)C2)nc2c1ccn2S(=O)(=O)c1ccc(C)cc1. The molecule has 2 amide bonds. The number of β-amino-alcohol motifs (C(OH)–C–C–N with tert-alkyl or cyclic N) is 1. The van der Waals surface area contributed by atoms with Crippen molar-refractivity contribution >= 4 is 73.0 Å². The number of nitrogens with zero attached hydrogens (tertiary/aromatic N) is 5. The second-order valence-corrected chi connectivity index (χ2v) is 15.3. The summed E-state index contributed by atoms with van der Waals surface area (Å²) in [4.78, 5) is 39.8. The molecule has 1 saturated heterocycles. The van der Waals surface area contributed by atoms with Crippen LogP contribution >= 0.6 is 11.3 Å². The summed E-state index contributed by atoms with van der Waals surface area (Å²) >= 11 is 1.25. The van der Waals surface area contributed by atoms with E-state index in [4.69, 9.17) is 9.72 Å². The molecular formula is C35H38N8O6S2. The maximum atomic E-state index is 13.9. The molecule has 5 aromatic rings. The molecule has 4 N–H and O–H groups in total. The Kier molecular flexibility index (Phi) is 9.41. The van der Waals surface area contributed by atoms with Gasteiger partial charge in [0.05, 0.1) is 41.4 Å². The number of piperidine rings is 1. The van der Waals surface area contributed by atoms with Gasteiger partial charge in [-0.05, 0) is 80.1 Å². The second-order valence-electron chi connectivity index (χ2n) is 12.6. The highest BCUT2D eigenvalue weighted by Gasteiger charge is 2.30. The van der Waals surface area contributed by atoms with E-state index >= 15 is 0 Å². The Morgan fingerprint density at radius 2 is 1.86 bits per heavy atom. The van der Waals surface area contributed by atoms with Crippen molar-refractivity contribution < 1.29 is 27.9 Å². The summed E-state index contributed by atoms with van der Waals surface area (Å²) in [6, 6.07) is 13.6. The van der Waals surface area contributed by atoms with E-state index in [-0.39, 0.29) is 40.7 Å². The Morgan fingerprint density at radius 1 is 1.06 bits per heavy atom. The van der Waals surface area contributed by atoms with Gasteiger partial charge in [-0.3, -0.25) is 14.5 Å². The number of anilines is 5. The molecule has 0 spiro atoms. The van der Waals surface area contributed by atoms with Gasteiger partial charge in [-0.25, -0.2) is 12.4 Å². The van der Waals surface area contributed by atoms with Gasteiger partial charge in [-0.2, -0.15) is 9.97 Å². The number of methoxy groups -OCH3 is 1. The second kappa shape index (κ2) is 13.9. The minimum Gasteiger partial charge on any atom is -0.495 e. The van der Waals surface area contributed by atoms with Crippen molar-refractivity contribution in [2.45, 2.75) is 37.2 Å². The number of nitrogens with one attached hydrogen (secondary N) is 3. The van der Waals surface area contributed by atoms with E-state index in [1.165, 1.54) is 17.5 Å². The van der Waals surface area contributed by atoms with Crippen LogP contribution < -0.4 is 25.6 Å². The van der Waals surface area contributed by atoms with Gasteiger partial charge in [0, 0.05) is 32.0 Å². The first-order valence-corrected chi connectivity index (χ1v) is 18.8. The first-order valence-electron chi connectivity index (χ1n) is 16.5. The molecule has 3 aromatic heterocycles. The molecule has 1 fully saturated rings. The summed E-state index contributed by atoms with van der Waals surface area (Å²) in [5.74, 6) is 0.462. The van der Waals surface area contributed by atoms with Crippen LogP contribution in [0, 0.1) is 6.92 Å². The Bertz CT molecular complexity index is 2230. The zero-order chi connectivity index (χ0) is 35.9. The number of aryl methyl sites for hydroxylation is 1. The molecule has 14 nitrogen and oxygen atoms in total. The van der Waals surface area contributed by atoms with Gasteiger partial charge in [0.15, 0.2) is 5.65 Å². The third-order valence-corrected chi connectivity index (χ3v) is 11.7. The average molecular weight is 731 g/mol.